The van der Waals surface area contributed by atoms with Gasteiger partial charge in [-0.3, -0.25) is 14.3 Å². The van der Waals surface area contributed by atoms with Crippen LogP contribution >= 0.6 is 0 Å². The second-order valence-electron chi connectivity index (χ2n) is 5.58. The van der Waals surface area contributed by atoms with E-state index in [0.717, 1.165) is 16.8 Å². The number of carbonyl (C=O) groups is 1. The lowest BCUT2D eigenvalue weighted by molar-refractivity contribution is -0.117. The first-order valence-electron chi connectivity index (χ1n) is 7.45. The molecule has 3 aromatic rings. The number of aromatic nitrogens is 4. The van der Waals surface area contributed by atoms with Gasteiger partial charge in [-0.15, -0.1) is 0 Å². The fourth-order valence-corrected chi connectivity index (χ4v) is 2.48. The normalized spacial score (nSPS) is 10.7. The van der Waals surface area contributed by atoms with Crippen molar-refractivity contribution in [2.75, 3.05) is 0 Å². The van der Waals surface area contributed by atoms with E-state index in [0.29, 0.717) is 12.1 Å². The lowest BCUT2D eigenvalue weighted by Gasteiger charge is -2.06. The molecule has 0 aliphatic heterocycles. The molecule has 0 bridgehead atoms. The SMILES string of the molecule is Cn1cc(-n2ccc(=O)c(Cc3cccc(CC(N)=O)c3)n2)cn1. The molecule has 0 saturated carbocycles. The molecule has 2 aromatic heterocycles. The Kier molecular flexibility index (Phi) is 4.24. The van der Waals surface area contributed by atoms with Gasteiger partial charge in [0.05, 0.1) is 18.8 Å². The average molecular weight is 323 g/mol. The number of nitrogens with two attached hydrogens (primary N) is 1. The van der Waals surface area contributed by atoms with Gasteiger partial charge in [-0.25, -0.2) is 4.68 Å². The molecule has 3 rings (SSSR count). The Morgan fingerprint density at radius 3 is 2.75 bits per heavy atom. The fraction of sp³-hybridized carbons (Fsp3) is 0.176. The van der Waals surface area contributed by atoms with E-state index in [1.807, 2.05) is 37.5 Å². The summed E-state index contributed by atoms with van der Waals surface area (Å²) in [5.74, 6) is -0.385. The molecule has 7 heteroatoms. The second-order valence-corrected chi connectivity index (χ2v) is 5.58. The van der Waals surface area contributed by atoms with Gasteiger partial charge >= 0.3 is 0 Å². The molecule has 0 aliphatic carbocycles. The summed E-state index contributed by atoms with van der Waals surface area (Å²) in [5.41, 5.74) is 8.03. The van der Waals surface area contributed by atoms with Gasteiger partial charge in [-0.1, -0.05) is 24.3 Å². The molecular formula is C17H17N5O2. The van der Waals surface area contributed by atoms with Crippen molar-refractivity contribution in [2.24, 2.45) is 12.8 Å². The van der Waals surface area contributed by atoms with Gasteiger partial charge in [0.25, 0.3) is 0 Å². The summed E-state index contributed by atoms with van der Waals surface area (Å²) in [6, 6.07) is 8.93. The van der Waals surface area contributed by atoms with Crippen LogP contribution in [-0.4, -0.2) is 25.5 Å². The molecule has 2 N–H and O–H groups in total. The first-order valence-corrected chi connectivity index (χ1v) is 7.45. The van der Waals surface area contributed by atoms with E-state index in [2.05, 4.69) is 10.2 Å². The lowest BCUT2D eigenvalue weighted by Crippen LogP contribution is -2.16. The predicted octanol–water partition coefficient (Wildman–Crippen LogP) is 0.585. The highest BCUT2D eigenvalue weighted by atomic mass is 16.1. The Balaban J connectivity index is 1.90. The van der Waals surface area contributed by atoms with Crippen molar-refractivity contribution in [3.05, 3.63) is 76.0 Å². The van der Waals surface area contributed by atoms with Crippen molar-refractivity contribution in [3.8, 4) is 5.69 Å². The maximum atomic E-state index is 12.1. The van der Waals surface area contributed by atoms with Crippen LogP contribution in [0.15, 0.2) is 53.7 Å². The minimum atomic E-state index is -0.385. The summed E-state index contributed by atoms with van der Waals surface area (Å²) in [5, 5.41) is 8.50. The van der Waals surface area contributed by atoms with E-state index in [9.17, 15) is 9.59 Å². The van der Waals surface area contributed by atoms with Gasteiger partial charge in [0.1, 0.15) is 11.4 Å². The Labute approximate surface area is 138 Å². The third-order valence-corrected chi connectivity index (χ3v) is 3.58. The predicted molar refractivity (Wildman–Crippen MR) is 88.7 cm³/mol. The lowest BCUT2D eigenvalue weighted by atomic mass is 10.0. The number of hydrogen-bond acceptors (Lipinski definition) is 4. The summed E-state index contributed by atoms with van der Waals surface area (Å²) in [4.78, 5) is 23.1. The Morgan fingerprint density at radius 2 is 2.04 bits per heavy atom. The second kappa shape index (κ2) is 6.49. The quantitative estimate of drug-likeness (QED) is 0.743. The standard InChI is InChI=1S/C17H17N5O2/c1-21-11-14(10-19-21)22-6-5-16(23)15(20-22)8-12-3-2-4-13(7-12)9-17(18)24/h2-7,10-11H,8-9H2,1H3,(H2,18,24). The summed E-state index contributed by atoms with van der Waals surface area (Å²) in [6.07, 6.45) is 5.67. The van der Waals surface area contributed by atoms with Crippen LogP contribution in [0.2, 0.25) is 0 Å². The molecule has 0 atom stereocenters. The number of aryl methyl sites for hydroxylation is 1. The Morgan fingerprint density at radius 1 is 1.25 bits per heavy atom. The zero-order chi connectivity index (χ0) is 17.1. The summed E-state index contributed by atoms with van der Waals surface area (Å²) >= 11 is 0. The van der Waals surface area contributed by atoms with Gasteiger partial charge < -0.3 is 5.73 Å². The van der Waals surface area contributed by atoms with Crippen molar-refractivity contribution in [3.63, 3.8) is 0 Å². The molecule has 0 radical (unpaired) electrons. The van der Waals surface area contributed by atoms with Crippen molar-refractivity contribution >= 4 is 5.91 Å². The van der Waals surface area contributed by atoms with E-state index in [-0.39, 0.29) is 17.8 Å². The van der Waals surface area contributed by atoms with E-state index >= 15 is 0 Å². The zero-order valence-corrected chi connectivity index (χ0v) is 13.2. The van der Waals surface area contributed by atoms with Gasteiger partial charge in [0, 0.05) is 25.7 Å². The summed E-state index contributed by atoms with van der Waals surface area (Å²) in [6.45, 7) is 0. The molecule has 1 amide bonds. The Hall–Kier alpha value is -3.22. The molecule has 0 fully saturated rings. The number of amides is 1. The zero-order valence-electron chi connectivity index (χ0n) is 13.2. The van der Waals surface area contributed by atoms with Gasteiger partial charge in [0.2, 0.25) is 11.3 Å². The molecule has 2 heterocycles. The van der Waals surface area contributed by atoms with Crippen molar-refractivity contribution < 1.29 is 4.79 Å². The Bertz CT molecular complexity index is 942. The smallest absolute Gasteiger partial charge is 0.221 e. The molecule has 1 aromatic carbocycles. The largest absolute Gasteiger partial charge is 0.369 e. The van der Waals surface area contributed by atoms with Crippen molar-refractivity contribution in [1.82, 2.24) is 19.6 Å². The molecule has 0 unspecified atom stereocenters. The number of primary amides is 1. The van der Waals surface area contributed by atoms with E-state index in [1.54, 1.807) is 21.8 Å². The first kappa shape index (κ1) is 15.7. The molecule has 122 valence electrons. The summed E-state index contributed by atoms with van der Waals surface area (Å²) < 4.78 is 3.29. The number of carbonyl (C=O) groups excluding carboxylic acids is 1. The number of rotatable bonds is 5. The van der Waals surface area contributed by atoms with Crippen LogP contribution in [0.25, 0.3) is 5.69 Å². The summed E-state index contributed by atoms with van der Waals surface area (Å²) in [7, 11) is 1.82. The molecule has 0 saturated heterocycles. The molecule has 0 aliphatic rings. The van der Waals surface area contributed by atoms with Crippen LogP contribution in [0.3, 0.4) is 0 Å². The van der Waals surface area contributed by atoms with Gasteiger partial charge in [-0.2, -0.15) is 10.2 Å². The number of nitrogens with zero attached hydrogens (tertiary/aromatic N) is 4. The minimum Gasteiger partial charge on any atom is -0.369 e. The van der Waals surface area contributed by atoms with Crippen LogP contribution in [-0.2, 0) is 24.7 Å². The maximum absolute atomic E-state index is 12.1. The highest BCUT2D eigenvalue weighted by molar-refractivity contribution is 5.76. The van der Waals surface area contributed by atoms with Crippen molar-refractivity contribution in [1.29, 1.82) is 0 Å². The molecule has 24 heavy (non-hydrogen) atoms. The van der Waals surface area contributed by atoms with Crippen LogP contribution in [0, 0.1) is 0 Å². The first-order chi connectivity index (χ1) is 11.5. The molecular weight excluding hydrogens is 306 g/mol. The van der Waals surface area contributed by atoms with Crippen molar-refractivity contribution in [2.45, 2.75) is 12.8 Å². The van der Waals surface area contributed by atoms with E-state index < -0.39 is 0 Å². The number of benzene rings is 1. The highest BCUT2D eigenvalue weighted by Gasteiger charge is 2.08. The third-order valence-electron chi connectivity index (χ3n) is 3.58. The van der Waals surface area contributed by atoms with E-state index in [4.69, 9.17) is 5.73 Å². The minimum absolute atomic E-state index is 0.129. The van der Waals surface area contributed by atoms with Crippen LogP contribution in [0.4, 0.5) is 0 Å². The van der Waals surface area contributed by atoms with Crippen LogP contribution in [0.5, 0.6) is 0 Å². The topological polar surface area (TPSA) is 95.8 Å². The van der Waals surface area contributed by atoms with Gasteiger partial charge in [0.15, 0.2) is 0 Å². The van der Waals surface area contributed by atoms with Crippen LogP contribution < -0.4 is 11.2 Å². The van der Waals surface area contributed by atoms with Gasteiger partial charge in [-0.05, 0) is 11.1 Å². The number of hydrogen-bond donors (Lipinski definition) is 1. The molecule has 0 spiro atoms. The fourth-order valence-electron chi connectivity index (χ4n) is 2.48. The maximum Gasteiger partial charge on any atom is 0.221 e. The van der Waals surface area contributed by atoms with Crippen LogP contribution in [0.1, 0.15) is 16.8 Å². The third kappa shape index (κ3) is 3.57. The van der Waals surface area contributed by atoms with E-state index in [1.165, 1.54) is 6.07 Å². The highest BCUT2D eigenvalue weighted by Crippen LogP contribution is 2.10. The molecule has 7 nitrogen and oxygen atoms in total. The average Bonchev–Trinajstić information content (AvgIpc) is 2.96. The monoisotopic (exact) mass is 323 g/mol.